The summed E-state index contributed by atoms with van der Waals surface area (Å²) in [6, 6.07) is 49.5. The van der Waals surface area contributed by atoms with E-state index in [4.69, 9.17) is 9.97 Å². The number of nitrogens with zero attached hydrogens (tertiary/aromatic N) is 2. The lowest BCUT2D eigenvalue weighted by Gasteiger charge is -2.10. The maximum Gasteiger partial charge on any atom is 0.126 e. The SMILES string of the molecule is Cc1nc(-c2ccc(-c3cccc4ccccc34)cc2)cc(-c2ccc(-c3cccc4ccccc34)cc2)n1. The first kappa shape index (κ1) is 23.1. The molecule has 0 atom stereocenters. The second-order valence-electron chi connectivity index (χ2n) is 9.89. The molecule has 0 aliphatic rings. The van der Waals surface area contributed by atoms with Crippen molar-refractivity contribution in [3.05, 3.63) is 145 Å². The Balaban J connectivity index is 1.21. The molecule has 0 saturated heterocycles. The lowest BCUT2D eigenvalue weighted by atomic mass is 9.96. The van der Waals surface area contributed by atoms with Crippen LogP contribution in [0.4, 0.5) is 0 Å². The van der Waals surface area contributed by atoms with Gasteiger partial charge in [-0.15, -0.1) is 0 Å². The van der Waals surface area contributed by atoms with Crippen LogP contribution < -0.4 is 0 Å². The van der Waals surface area contributed by atoms with Crippen LogP contribution in [-0.4, -0.2) is 9.97 Å². The fraction of sp³-hybridized carbons (Fsp3) is 0.0270. The predicted molar refractivity (Wildman–Crippen MR) is 164 cm³/mol. The Morgan fingerprint density at radius 1 is 0.385 bits per heavy atom. The van der Waals surface area contributed by atoms with E-state index >= 15 is 0 Å². The van der Waals surface area contributed by atoms with Crippen molar-refractivity contribution in [3.8, 4) is 44.8 Å². The highest BCUT2D eigenvalue weighted by atomic mass is 14.9. The number of aryl methyl sites for hydroxylation is 1. The Kier molecular flexibility index (Phi) is 5.71. The van der Waals surface area contributed by atoms with Gasteiger partial charge in [-0.05, 0) is 56.8 Å². The minimum absolute atomic E-state index is 0.763. The molecule has 0 radical (unpaired) electrons. The molecule has 39 heavy (non-hydrogen) atoms. The number of hydrogen-bond donors (Lipinski definition) is 0. The van der Waals surface area contributed by atoms with Crippen molar-refractivity contribution >= 4 is 21.5 Å². The van der Waals surface area contributed by atoms with Crippen LogP contribution in [0.2, 0.25) is 0 Å². The van der Waals surface area contributed by atoms with Gasteiger partial charge in [-0.3, -0.25) is 0 Å². The number of rotatable bonds is 4. The van der Waals surface area contributed by atoms with E-state index in [0.29, 0.717) is 0 Å². The van der Waals surface area contributed by atoms with Crippen molar-refractivity contribution in [2.24, 2.45) is 0 Å². The number of aromatic nitrogens is 2. The van der Waals surface area contributed by atoms with Crippen molar-refractivity contribution in [2.45, 2.75) is 6.92 Å². The molecular weight excluding hydrogens is 472 g/mol. The lowest BCUT2D eigenvalue weighted by molar-refractivity contribution is 1.06. The fourth-order valence-corrected chi connectivity index (χ4v) is 5.46. The zero-order chi connectivity index (χ0) is 26.2. The molecule has 0 N–H and O–H groups in total. The molecule has 0 bridgehead atoms. The van der Waals surface area contributed by atoms with Gasteiger partial charge in [0.25, 0.3) is 0 Å². The number of hydrogen-bond acceptors (Lipinski definition) is 2. The zero-order valence-corrected chi connectivity index (χ0v) is 21.7. The molecule has 0 fully saturated rings. The van der Waals surface area contributed by atoms with Crippen LogP contribution in [0.5, 0.6) is 0 Å². The molecule has 2 heteroatoms. The van der Waals surface area contributed by atoms with Crippen molar-refractivity contribution in [3.63, 3.8) is 0 Å². The van der Waals surface area contributed by atoms with E-state index in [1.165, 1.54) is 43.8 Å². The number of fused-ring (bicyclic) bond motifs is 2. The smallest absolute Gasteiger partial charge is 0.126 e. The van der Waals surface area contributed by atoms with Gasteiger partial charge in [0.05, 0.1) is 11.4 Å². The third kappa shape index (κ3) is 4.36. The van der Waals surface area contributed by atoms with Gasteiger partial charge < -0.3 is 0 Å². The monoisotopic (exact) mass is 498 g/mol. The summed E-state index contributed by atoms with van der Waals surface area (Å²) in [5.74, 6) is 0.763. The summed E-state index contributed by atoms with van der Waals surface area (Å²) in [4.78, 5) is 9.54. The number of benzene rings is 6. The van der Waals surface area contributed by atoms with Crippen LogP contribution in [0.1, 0.15) is 5.82 Å². The maximum atomic E-state index is 4.77. The molecule has 0 saturated carbocycles. The average molecular weight is 499 g/mol. The Morgan fingerprint density at radius 3 is 1.23 bits per heavy atom. The van der Waals surface area contributed by atoms with E-state index in [1.54, 1.807) is 0 Å². The van der Waals surface area contributed by atoms with E-state index in [1.807, 2.05) is 6.92 Å². The van der Waals surface area contributed by atoms with E-state index < -0.39 is 0 Å². The minimum atomic E-state index is 0.763. The molecule has 1 aromatic heterocycles. The molecule has 2 nitrogen and oxygen atoms in total. The van der Waals surface area contributed by atoms with Crippen LogP contribution in [0.3, 0.4) is 0 Å². The molecule has 0 aliphatic heterocycles. The van der Waals surface area contributed by atoms with Crippen molar-refractivity contribution in [1.82, 2.24) is 9.97 Å². The molecule has 7 aromatic rings. The molecule has 0 aliphatic carbocycles. The van der Waals surface area contributed by atoms with Crippen molar-refractivity contribution < 1.29 is 0 Å². The van der Waals surface area contributed by atoms with Crippen LogP contribution in [0.25, 0.3) is 66.3 Å². The van der Waals surface area contributed by atoms with Crippen LogP contribution in [0, 0.1) is 6.92 Å². The van der Waals surface area contributed by atoms with E-state index in [-0.39, 0.29) is 0 Å². The summed E-state index contributed by atoms with van der Waals surface area (Å²) >= 11 is 0. The van der Waals surface area contributed by atoms with Crippen LogP contribution in [0.15, 0.2) is 140 Å². The average Bonchev–Trinajstić information content (AvgIpc) is 3.00. The summed E-state index contributed by atoms with van der Waals surface area (Å²) in [6.07, 6.45) is 0. The van der Waals surface area contributed by atoms with E-state index in [0.717, 1.165) is 28.3 Å². The highest BCUT2D eigenvalue weighted by Gasteiger charge is 2.10. The summed E-state index contributed by atoms with van der Waals surface area (Å²) < 4.78 is 0. The summed E-state index contributed by atoms with van der Waals surface area (Å²) in [6.45, 7) is 1.96. The summed E-state index contributed by atoms with van der Waals surface area (Å²) in [5.41, 5.74) is 8.91. The standard InChI is InChI=1S/C37H26N2/c1-25-38-36(30-20-16-28(17-21-30)34-14-6-10-26-8-2-4-12-32(26)34)24-37(39-25)31-22-18-29(19-23-31)35-15-7-11-27-9-3-5-13-33(27)35/h2-24H,1H3. The molecule has 0 unspecified atom stereocenters. The summed E-state index contributed by atoms with van der Waals surface area (Å²) in [7, 11) is 0. The Bertz CT molecular complexity index is 1800. The van der Waals surface area contributed by atoms with Crippen molar-refractivity contribution in [1.29, 1.82) is 0 Å². The first-order valence-corrected chi connectivity index (χ1v) is 13.3. The van der Waals surface area contributed by atoms with Crippen molar-refractivity contribution in [2.75, 3.05) is 0 Å². The van der Waals surface area contributed by atoms with Gasteiger partial charge in [-0.2, -0.15) is 0 Å². The third-order valence-corrected chi connectivity index (χ3v) is 7.40. The quantitative estimate of drug-likeness (QED) is 0.241. The third-order valence-electron chi connectivity index (χ3n) is 7.40. The minimum Gasteiger partial charge on any atom is -0.233 e. The normalized spacial score (nSPS) is 11.2. The second kappa shape index (κ2) is 9.66. The lowest BCUT2D eigenvalue weighted by Crippen LogP contribution is -1.95. The summed E-state index contributed by atoms with van der Waals surface area (Å²) in [5, 5.41) is 5.03. The van der Waals surface area contributed by atoms with Crippen LogP contribution in [-0.2, 0) is 0 Å². The molecule has 0 spiro atoms. The highest BCUT2D eigenvalue weighted by Crippen LogP contribution is 2.33. The van der Waals surface area contributed by atoms with Gasteiger partial charge in [0.2, 0.25) is 0 Å². The van der Waals surface area contributed by atoms with E-state index in [2.05, 4.69) is 140 Å². The largest absolute Gasteiger partial charge is 0.233 e. The van der Waals surface area contributed by atoms with Gasteiger partial charge in [-0.1, -0.05) is 133 Å². The second-order valence-corrected chi connectivity index (χ2v) is 9.89. The Morgan fingerprint density at radius 2 is 0.769 bits per heavy atom. The molecule has 0 amide bonds. The molecule has 6 aromatic carbocycles. The van der Waals surface area contributed by atoms with Gasteiger partial charge in [0.15, 0.2) is 0 Å². The Hall–Kier alpha value is -5.08. The molecule has 7 rings (SSSR count). The van der Waals surface area contributed by atoms with Crippen LogP contribution >= 0.6 is 0 Å². The van der Waals surface area contributed by atoms with Gasteiger partial charge in [0.1, 0.15) is 5.82 Å². The molecule has 1 heterocycles. The first-order valence-electron chi connectivity index (χ1n) is 13.3. The van der Waals surface area contributed by atoms with Gasteiger partial charge in [-0.25, -0.2) is 9.97 Å². The fourth-order valence-electron chi connectivity index (χ4n) is 5.46. The molecule has 184 valence electrons. The maximum absolute atomic E-state index is 4.77. The zero-order valence-electron chi connectivity index (χ0n) is 21.7. The Labute approximate surface area is 228 Å². The molecular formula is C37H26N2. The highest BCUT2D eigenvalue weighted by molar-refractivity contribution is 5.97. The first-order chi connectivity index (χ1) is 19.2. The van der Waals surface area contributed by atoms with Gasteiger partial charge in [0, 0.05) is 11.1 Å². The topological polar surface area (TPSA) is 25.8 Å². The van der Waals surface area contributed by atoms with E-state index in [9.17, 15) is 0 Å². The van der Waals surface area contributed by atoms with Gasteiger partial charge >= 0.3 is 0 Å². The predicted octanol–water partition coefficient (Wildman–Crippen LogP) is 9.76.